The molecule has 148 valence electrons. The summed E-state index contributed by atoms with van der Waals surface area (Å²) in [5.41, 5.74) is 2.20. The van der Waals surface area contributed by atoms with E-state index in [9.17, 15) is 14.7 Å². The summed E-state index contributed by atoms with van der Waals surface area (Å²) in [6, 6.07) is 14.7. The minimum absolute atomic E-state index is 0.271. The highest BCUT2D eigenvalue weighted by Crippen LogP contribution is 2.51. The van der Waals surface area contributed by atoms with Crippen molar-refractivity contribution in [3.05, 3.63) is 77.9 Å². The Bertz CT molecular complexity index is 1020. The molecule has 0 spiro atoms. The van der Waals surface area contributed by atoms with Crippen molar-refractivity contribution in [2.24, 2.45) is 0 Å². The van der Waals surface area contributed by atoms with Gasteiger partial charge in [-0.3, -0.25) is 4.90 Å². The van der Waals surface area contributed by atoms with Gasteiger partial charge in [-0.2, -0.15) is 0 Å². The first-order valence-electron chi connectivity index (χ1n) is 9.34. The van der Waals surface area contributed by atoms with Crippen molar-refractivity contribution in [2.45, 2.75) is 18.4 Å². The third kappa shape index (κ3) is 3.06. The molecule has 0 aromatic heterocycles. The van der Waals surface area contributed by atoms with E-state index in [0.717, 1.165) is 24.0 Å². The summed E-state index contributed by atoms with van der Waals surface area (Å²) in [5, 5.41) is 9.59. The Hall–Kier alpha value is -3.54. The molecule has 2 aliphatic rings. The Labute approximate surface area is 168 Å². The standard InChI is InChI=1S/C23H21NO5/c1-3-14-24(22(26)27)23(12-13-23)16-10-8-15(9-11-16)20(28-2)19-17-6-4-5-7-18(17)29-21(19)25/h3-11H,1,12-14H2,2H3,(H,26,27)/b20-19-. The lowest BCUT2D eigenvalue weighted by atomic mass is 9.98. The number of ether oxygens (including phenoxy) is 2. The Balaban J connectivity index is 1.72. The molecule has 0 unspecified atom stereocenters. The van der Waals surface area contributed by atoms with Gasteiger partial charge in [0.25, 0.3) is 0 Å². The maximum Gasteiger partial charge on any atom is 0.408 e. The Kier molecular flexibility index (Phi) is 4.62. The molecule has 1 fully saturated rings. The van der Waals surface area contributed by atoms with Gasteiger partial charge in [0.15, 0.2) is 0 Å². The van der Waals surface area contributed by atoms with E-state index in [1.165, 1.54) is 12.0 Å². The molecule has 2 aromatic rings. The molecule has 0 bridgehead atoms. The quantitative estimate of drug-likeness (QED) is 0.262. The van der Waals surface area contributed by atoms with E-state index >= 15 is 0 Å². The van der Waals surface area contributed by atoms with Crippen LogP contribution in [0.15, 0.2) is 61.2 Å². The van der Waals surface area contributed by atoms with Crippen molar-refractivity contribution in [3.63, 3.8) is 0 Å². The smallest absolute Gasteiger partial charge is 0.408 e. The number of amides is 1. The zero-order chi connectivity index (χ0) is 20.6. The number of methoxy groups -OCH3 is 1. The molecule has 0 atom stereocenters. The predicted molar refractivity (Wildman–Crippen MR) is 108 cm³/mol. The van der Waals surface area contributed by atoms with Gasteiger partial charge in [-0.1, -0.05) is 48.5 Å². The Morgan fingerprint density at radius 3 is 2.52 bits per heavy atom. The monoisotopic (exact) mass is 391 g/mol. The lowest BCUT2D eigenvalue weighted by Crippen LogP contribution is -2.39. The molecule has 1 saturated carbocycles. The second-order valence-electron chi connectivity index (χ2n) is 7.08. The number of carbonyl (C=O) groups is 2. The third-order valence-electron chi connectivity index (χ3n) is 5.46. The molecule has 2 aromatic carbocycles. The number of hydrogen-bond donors (Lipinski definition) is 1. The Morgan fingerprint density at radius 2 is 1.93 bits per heavy atom. The van der Waals surface area contributed by atoms with Gasteiger partial charge < -0.3 is 14.6 Å². The van der Waals surface area contributed by atoms with Crippen LogP contribution in [0.1, 0.15) is 29.5 Å². The highest BCUT2D eigenvalue weighted by Gasteiger charge is 2.51. The van der Waals surface area contributed by atoms with Crippen LogP contribution in [-0.4, -0.2) is 35.7 Å². The number of nitrogens with zero attached hydrogens (tertiary/aromatic N) is 1. The molecule has 6 nitrogen and oxygen atoms in total. The highest BCUT2D eigenvalue weighted by atomic mass is 16.5. The van der Waals surface area contributed by atoms with Crippen LogP contribution >= 0.6 is 0 Å². The summed E-state index contributed by atoms with van der Waals surface area (Å²) >= 11 is 0. The first kappa shape index (κ1) is 18.8. The first-order chi connectivity index (χ1) is 14.0. The molecule has 1 N–H and O–H groups in total. The van der Waals surface area contributed by atoms with Gasteiger partial charge in [-0.25, -0.2) is 9.59 Å². The van der Waals surface area contributed by atoms with Crippen LogP contribution in [0, 0.1) is 0 Å². The average molecular weight is 391 g/mol. The van der Waals surface area contributed by atoms with Gasteiger partial charge in [0.05, 0.1) is 12.6 Å². The van der Waals surface area contributed by atoms with Crippen LogP contribution in [0.5, 0.6) is 5.75 Å². The minimum atomic E-state index is -0.962. The summed E-state index contributed by atoms with van der Waals surface area (Å²) < 4.78 is 10.9. The molecule has 1 aliphatic heterocycles. The molecule has 1 aliphatic carbocycles. The van der Waals surface area contributed by atoms with Crippen LogP contribution in [0.2, 0.25) is 0 Å². The van der Waals surface area contributed by atoms with E-state index < -0.39 is 17.6 Å². The summed E-state index contributed by atoms with van der Waals surface area (Å²) in [5.74, 6) is 0.489. The number of carbonyl (C=O) groups excluding carboxylic acids is 1. The van der Waals surface area contributed by atoms with E-state index in [2.05, 4.69) is 6.58 Å². The van der Waals surface area contributed by atoms with Crippen molar-refractivity contribution in [3.8, 4) is 5.75 Å². The van der Waals surface area contributed by atoms with Crippen LogP contribution in [0.3, 0.4) is 0 Å². The largest absolute Gasteiger partial charge is 0.495 e. The summed E-state index contributed by atoms with van der Waals surface area (Å²) in [4.78, 5) is 25.6. The van der Waals surface area contributed by atoms with Crippen molar-refractivity contribution in [1.29, 1.82) is 0 Å². The van der Waals surface area contributed by atoms with Gasteiger partial charge >= 0.3 is 12.1 Å². The van der Waals surface area contributed by atoms with Gasteiger partial charge in [-0.15, -0.1) is 6.58 Å². The zero-order valence-electron chi connectivity index (χ0n) is 16.1. The van der Waals surface area contributed by atoms with Gasteiger partial charge in [0.1, 0.15) is 17.1 Å². The average Bonchev–Trinajstić information content (AvgIpc) is 3.45. The maximum absolute atomic E-state index is 12.4. The number of para-hydroxylation sites is 1. The van der Waals surface area contributed by atoms with E-state index in [4.69, 9.17) is 9.47 Å². The number of esters is 1. The summed E-state index contributed by atoms with van der Waals surface area (Å²) in [7, 11) is 1.52. The highest BCUT2D eigenvalue weighted by molar-refractivity contribution is 6.27. The second-order valence-corrected chi connectivity index (χ2v) is 7.08. The van der Waals surface area contributed by atoms with Crippen LogP contribution in [-0.2, 0) is 15.1 Å². The molecule has 0 saturated heterocycles. The van der Waals surface area contributed by atoms with Crippen molar-refractivity contribution in [1.82, 2.24) is 4.90 Å². The molecule has 0 radical (unpaired) electrons. The van der Waals surface area contributed by atoms with E-state index in [1.54, 1.807) is 12.1 Å². The van der Waals surface area contributed by atoms with E-state index in [1.807, 2.05) is 42.5 Å². The molecule has 1 amide bonds. The number of fused-ring (bicyclic) bond motifs is 1. The van der Waals surface area contributed by atoms with Crippen molar-refractivity contribution >= 4 is 23.4 Å². The van der Waals surface area contributed by atoms with E-state index in [0.29, 0.717) is 22.6 Å². The lowest BCUT2D eigenvalue weighted by molar-refractivity contribution is -0.127. The zero-order valence-corrected chi connectivity index (χ0v) is 16.1. The Morgan fingerprint density at radius 1 is 1.24 bits per heavy atom. The van der Waals surface area contributed by atoms with Gasteiger partial charge in [-0.05, 0) is 24.5 Å². The van der Waals surface area contributed by atoms with Gasteiger partial charge in [0, 0.05) is 17.7 Å². The predicted octanol–water partition coefficient (Wildman–Crippen LogP) is 4.28. The third-order valence-corrected chi connectivity index (χ3v) is 5.46. The summed E-state index contributed by atoms with van der Waals surface area (Å²) in [6.45, 7) is 3.94. The van der Waals surface area contributed by atoms with Crippen LogP contribution in [0.4, 0.5) is 4.79 Å². The van der Waals surface area contributed by atoms with Crippen molar-refractivity contribution < 1.29 is 24.2 Å². The minimum Gasteiger partial charge on any atom is -0.495 e. The maximum atomic E-state index is 12.4. The first-order valence-corrected chi connectivity index (χ1v) is 9.34. The summed E-state index contributed by atoms with van der Waals surface area (Å²) in [6.07, 6.45) is 2.17. The molecular weight excluding hydrogens is 370 g/mol. The van der Waals surface area contributed by atoms with Crippen LogP contribution in [0.25, 0.3) is 11.3 Å². The fraction of sp³-hybridized carbons (Fsp3) is 0.217. The number of hydrogen-bond acceptors (Lipinski definition) is 4. The molecule has 29 heavy (non-hydrogen) atoms. The van der Waals surface area contributed by atoms with Crippen molar-refractivity contribution in [2.75, 3.05) is 13.7 Å². The number of rotatable bonds is 6. The normalized spacial score (nSPS) is 17.8. The fourth-order valence-corrected chi connectivity index (χ4v) is 3.93. The van der Waals surface area contributed by atoms with E-state index in [-0.39, 0.29) is 6.54 Å². The molecular formula is C23H21NO5. The number of carboxylic acid groups (broad SMARTS) is 1. The number of benzene rings is 2. The molecule has 6 heteroatoms. The lowest BCUT2D eigenvalue weighted by Gasteiger charge is -2.29. The topological polar surface area (TPSA) is 76.1 Å². The van der Waals surface area contributed by atoms with Gasteiger partial charge in [0.2, 0.25) is 0 Å². The molecule has 1 heterocycles. The second kappa shape index (κ2) is 7.13. The molecule has 4 rings (SSSR count). The van der Waals surface area contributed by atoms with Crippen LogP contribution < -0.4 is 4.74 Å². The SMILES string of the molecule is C=CCN(C(=O)O)C1(c2ccc(/C(OC)=C3/C(=O)Oc4ccccc43)cc2)CC1. The fourth-order valence-electron chi connectivity index (χ4n) is 3.93.